The summed E-state index contributed by atoms with van der Waals surface area (Å²) in [6, 6.07) is 3.36. The second-order valence-corrected chi connectivity index (χ2v) is 4.51. The molecule has 1 fully saturated rings. The zero-order chi connectivity index (χ0) is 13.0. The standard InChI is InChI=1S/C12H18N4O2/c1-2-13-11-7-10(16(17)18)8-12(15-11)14-9-5-3-4-6-9/h7-9H,2-6H2,1H3,(H2,13,14,15). The van der Waals surface area contributed by atoms with E-state index in [2.05, 4.69) is 15.6 Å². The monoisotopic (exact) mass is 250 g/mol. The molecule has 0 spiro atoms. The number of aromatic nitrogens is 1. The third kappa shape index (κ3) is 3.09. The lowest BCUT2D eigenvalue weighted by Gasteiger charge is -2.13. The van der Waals surface area contributed by atoms with Crippen LogP contribution in [0.5, 0.6) is 0 Å². The molecule has 1 aromatic heterocycles. The van der Waals surface area contributed by atoms with Gasteiger partial charge in [0.1, 0.15) is 11.6 Å². The van der Waals surface area contributed by atoms with Crippen LogP contribution in [0, 0.1) is 10.1 Å². The van der Waals surface area contributed by atoms with Gasteiger partial charge in [0.25, 0.3) is 5.69 Å². The van der Waals surface area contributed by atoms with E-state index in [0.717, 1.165) is 12.8 Å². The fraction of sp³-hybridized carbons (Fsp3) is 0.583. The molecule has 6 heteroatoms. The van der Waals surface area contributed by atoms with Gasteiger partial charge in [-0.1, -0.05) is 12.8 Å². The minimum absolute atomic E-state index is 0.0708. The molecular weight excluding hydrogens is 232 g/mol. The molecule has 2 N–H and O–H groups in total. The number of anilines is 2. The number of rotatable bonds is 5. The molecule has 0 radical (unpaired) electrons. The minimum Gasteiger partial charge on any atom is -0.370 e. The van der Waals surface area contributed by atoms with E-state index in [1.807, 2.05) is 6.92 Å². The van der Waals surface area contributed by atoms with E-state index in [1.54, 1.807) is 0 Å². The van der Waals surface area contributed by atoms with Crippen molar-refractivity contribution in [2.75, 3.05) is 17.2 Å². The Balaban J connectivity index is 2.18. The molecule has 1 aliphatic rings. The first kappa shape index (κ1) is 12.6. The SMILES string of the molecule is CCNc1cc([N+](=O)[O-])cc(NC2CCCC2)n1. The minimum atomic E-state index is -0.387. The van der Waals surface area contributed by atoms with Gasteiger partial charge in [-0.15, -0.1) is 0 Å². The first-order valence-corrected chi connectivity index (χ1v) is 6.36. The van der Waals surface area contributed by atoms with E-state index in [9.17, 15) is 10.1 Å². The zero-order valence-electron chi connectivity index (χ0n) is 10.5. The summed E-state index contributed by atoms with van der Waals surface area (Å²) in [5, 5.41) is 17.2. The van der Waals surface area contributed by atoms with E-state index in [0.29, 0.717) is 24.2 Å². The fourth-order valence-corrected chi connectivity index (χ4v) is 2.25. The van der Waals surface area contributed by atoms with Crippen LogP contribution in [0.1, 0.15) is 32.6 Å². The molecule has 2 rings (SSSR count). The summed E-state index contributed by atoms with van der Waals surface area (Å²) in [6.07, 6.45) is 4.65. The molecule has 0 bridgehead atoms. The van der Waals surface area contributed by atoms with Gasteiger partial charge in [-0.05, 0) is 19.8 Å². The summed E-state index contributed by atoms with van der Waals surface area (Å²) in [4.78, 5) is 14.8. The number of pyridine rings is 1. The third-order valence-electron chi connectivity index (χ3n) is 3.09. The van der Waals surface area contributed by atoms with Gasteiger partial charge in [0.15, 0.2) is 0 Å². The summed E-state index contributed by atoms with van der Waals surface area (Å²) in [5.41, 5.74) is 0.0708. The highest BCUT2D eigenvalue weighted by Gasteiger charge is 2.17. The van der Waals surface area contributed by atoms with Crippen LogP contribution in [-0.4, -0.2) is 22.5 Å². The Kier molecular flexibility index (Phi) is 3.96. The molecule has 0 saturated heterocycles. The smallest absolute Gasteiger partial charge is 0.276 e. The molecule has 0 unspecified atom stereocenters. The van der Waals surface area contributed by atoms with Crippen molar-refractivity contribution in [3.63, 3.8) is 0 Å². The highest BCUT2D eigenvalue weighted by atomic mass is 16.6. The molecular formula is C12H18N4O2. The van der Waals surface area contributed by atoms with Crippen molar-refractivity contribution >= 4 is 17.3 Å². The van der Waals surface area contributed by atoms with Gasteiger partial charge in [-0.25, -0.2) is 4.98 Å². The average molecular weight is 250 g/mol. The van der Waals surface area contributed by atoms with E-state index in [4.69, 9.17) is 0 Å². The van der Waals surface area contributed by atoms with Gasteiger partial charge >= 0.3 is 0 Å². The molecule has 0 aromatic carbocycles. The van der Waals surface area contributed by atoms with Crippen molar-refractivity contribution in [3.05, 3.63) is 22.2 Å². The largest absolute Gasteiger partial charge is 0.370 e. The van der Waals surface area contributed by atoms with E-state index >= 15 is 0 Å². The Morgan fingerprint density at radius 2 is 2.06 bits per heavy atom. The number of nitrogens with zero attached hydrogens (tertiary/aromatic N) is 2. The Morgan fingerprint density at radius 3 is 2.67 bits per heavy atom. The molecule has 18 heavy (non-hydrogen) atoms. The molecule has 0 atom stereocenters. The lowest BCUT2D eigenvalue weighted by Crippen LogP contribution is -2.16. The maximum atomic E-state index is 10.9. The Hall–Kier alpha value is -1.85. The van der Waals surface area contributed by atoms with Crippen LogP contribution in [0.15, 0.2) is 12.1 Å². The van der Waals surface area contributed by atoms with Crippen molar-refractivity contribution in [1.29, 1.82) is 0 Å². The molecule has 1 aliphatic carbocycles. The van der Waals surface area contributed by atoms with Gasteiger partial charge < -0.3 is 10.6 Å². The first-order chi connectivity index (χ1) is 8.69. The van der Waals surface area contributed by atoms with Crippen molar-refractivity contribution < 1.29 is 4.92 Å². The molecule has 6 nitrogen and oxygen atoms in total. The summed E-state index contributed by atoms with van der Waals surface area (Å²) in [6.45, 7) is 2.63. The van der Waals surface area contributed by atoms with E-state index < -0.39 is 0 Å². The normalized spacial score (nSPS) is 15.6. The summed E-state index contributed by atoms with van der Waals surface area (Å²) < 4.78 is 0. The quantitative estimate of drug-likeness (QED) is 0.620. The lowest BCUT2D eigenvalue weighted by atomic mass is 10.2. The summed E-state index contributed by atoms with van der Waals surface area (Å²) in [5.74, 6) is 1.14. The summed E-state index contributed by atoms with van der Waals surface area (Å²) in [7, 11) is 0. The highest BCUT2D eigenvalue weighted by Crippen LogP contribution is 2.25. The molecule has 1 aromatic rings. The van der Waals surface area contributed by atoms with Gasteiger partial charge in [0.2, 0.25) is 0 Å². The van der Waals surface area contributed by atoms with Crippen LogP contribution in [-0.2, 0) is 0 Å². The zero-order valence-corrected chi connectivity index (χ0v) is 10.5. The predicted octanol–water partition coefficient (Wildman–Crippen LogP) is 2.78. The van der Waals surface area contributed by atoms with Crippen molar-refractivity contribution in [2.45, 2.75) is 38.6 Å². The summed E-state index contributed by atoms with van der Waals surface area (Å²) >= 11 is 0. The topological polar surface area (TPSA) is 80.1 Å². The van der Waals surface area contributed by atoms with Crippen LogP contribution < -0.4 is 10.6 Å². The highest BCUT2D eigenvalue weighted by molar-refractivity contribution is 5.55. The molecule has 0 aliphatic heterocycles. The van der Waals surface area contributed by atoms with Crippen LogP contribution in [0.2, 0.25) is 0 Å². The van der Waals surface area contributed by atoms with Gasteiger partial charge in [0.05, 0.1) is 17.1 Å². The van der Waals surface area contributed by atoms with Crippen LogP contribution in [0.3, 0.4) is 0 Å². The van der Waals surface area contributed by atoms with Crippen molar-refractivity contribution in [3.8, 4) is 0 Å². The predicted molar refractivity (Wildman–Crippen MR) is 70.9 cm³/mol. The van der Waals surface area contributed by atoms with Crippen molar-refractivity contribution in [2.24, 2.45) is 0 Å². The molecule has 1 heterocycles. The number of hydrogen-bond donors (Lipinski definition) is 2. The van der Waals surface area contributed by atoms with Gasteiger partial charge in [-0.2, -0.15) is 0 Å². The average Bonchev–Trinajstić information content (AvgIpc) is 2.82. The van der Waals surface area contributed by atoms with Crippen LogP contribution in [0.25, 0.3) is 0 Å². The van der Waals surface area contributed by atoms with Gasteiger partial charge in [-0.3, -0.25) is 10.1 Å². The first-order valence-electron chi connectivity index (χ1n) is 6.36. The number of hydrogen-bond acceptors (Lipinski definition) is 5. The Morgan fingerprint density at radius 1 is 1.39 bits per heavy atom. The number of nitro groups is 1. The molecule has 98 valence electrons. The molecule has 1 saturated carbocycles. The maximum absolute atomic E-state index is 10.9. The third-order valence-corrected chi connectivity index (χ3v) is 3.09. The Labute approximate surface area is 106 Å². The lowest BCUT2D eigenvalue weighted by molar-refractivity contribution is -0.384. The maximum Gasteiger partial charge on any atom is 0.276 e. The number of nitrogens with one attached hydrogen (secondary N) is 2. The second kappa shape index (κ2) is 5.66. The fourth-order valence-electron chi connectivity index (χ4n) is 2.25. The van der Waals surface area contributed by atoms with Crippen LogP contribution in [0.4, 0.5) is 17.3 Å². The van der Waals surface area contributed by atoms with E-state index in [1.165, 1.54) is 25.0 Å². The van der Waals surface area contributed by atoms with E-state index in [-0.39, 0.29) is 10.6 Å². The van der Waals surface area contributed by atoms with Gasteiger partial charge in [0, 0.05) is 12.6 Å². The Bertz CT molecular complexity index is 430. The van der Waals surface area contributed by atoms with Crippen molar-refractivity contribution in [1.82, 2.24) is 4.98 Å². The molecule has 0 amide bonds. The second-order valence-electron chi connectivity index (χ2n) is 4.51. The van der Waals surface area contributed by atoms with Crippen LogP contribution >= 0.6 is 0 Å².